The first-order valence-electron chi connectivity index (χ1n) is 35.4. The van der Waals surface area contributed by atoms with Crippen LogP contribution in [-0.2, 0) is 99.3 Å². The maximum atomic E-state index is 14.1. The summed E-state index contributed by atoms with van der Waals surface area (Å²) in [6, 6.07) is -5.67. The Morgan fingerprint density at radius 3 is 1.83 bits per heavy atom. The number of aliphatic hydroxyl groups excluding tert-OH is 9. The molecule has 5 heterocycles. The fraction of sp³-hybridized carbons (Fsp3) is 0.739. The van der Waals surface area contributed by atoms with Gasteiger partial charge in [0.1, 0.15) is 97.0 Å². The van der Waals surface area contributed by atoms with Gasteiger partial charge in [-0.05, 0) is 91.9 Å². The van der Waals surface area contributed by atoms with Gasteiger partial charge in [0.05, 0.1) is 32.5 Å². The van der Waals surface area contributed by atoms with E-state index in [1.54, 1.807) is 13.0 Å². The summed E-state index contributed by atoms with van der Waals surface area (Å²) in [5.74, 6) is -8.37. The first-order valence-corrected chi connectivity index (χ1v) is 36.9. The van der Waals surface area contributed by atoms with E-state index in [-0.39, 0.29) is 24.9 Å². The van der Waals surface area contributed by atoms with Gasteiger partial charge in [-0.25, -0.2) is 18.9 Å². The smallest absolute Gasteiger partial charge is 0.474 e. The van der Waals surface area contributed by atoms with Crippen molar-refractivity contribution >= 4 is 55.1 Å². The van der Waals surface area contributed by atoms with Crippen molar-refractivity contribution < 1.29 is 170 Å². The molecule has 109 heavy (non-hydrogen) atoms. The van der Waals surface area contributed by atoms with Crippen LogP contribution in [0.1, 0.15) is 127 Å². The fourth-order valence-electron chi connectivity index (χ4n) is 12.7. The number of carboxylic acid groups (broad SMARTS) is 2. The molecule has 0 bridgehead atoms. The highest BCUT2D eigenvalue weighted by Crippen LogP contribution is 2.49. The molecular weight excluding hydrogens is 1480 g/mol. The highest BCUT2D eigenvalue weighted by Gasteiger charge is 2.63. The van der Waals surface area contributed by atoms with Crippen molar-refractivity contribution in [3.8, 4) is 0 Å². The van der Waals surface area contributed by atoms with Crippen LogP contribution >= 0.6 is 7.82 Å². The van der Waals surface area contributed by atoms with Gasteiger partial charge in [-0.15, -0.1) is 0 Å². The Kier molecular flexibility index (Phi) is 34.2. The zero-order valence-corrected chi connectivity index (χ0v) is 63.0. The van der Waals surface area contributed by atoms with E-state index in [1.165, 1.54) is 18.1 Å². The van der Waals surface area contributed by atoms with Crippen molar-refractivity contribution in [2.24, 2.45) is 11.1 Å². The second-order valence-corrected chi connectivity index (χ2v) is 30.3. The molecule has 6 aliphatic rings. The van der Waals surface area contributed by atoms with Gasteiger partial charge in [0.15, 0.2) is 73.5 Å². The Hall–Kier alpha value is -6.03. The molecule has 18 N–H and O–H groups in total. The summed E-state index contributed by atoms with van der Waals surface area (Å²) >= 11 is 0. The molecule has 5 aliphatic heterocycles. The van der Waals surface area contributed by atoms with Crippen molar-refractivity contribution in [2.45, 2.75) is 292 Å². The van der Waals surface area contributed by atoms with Crippen molar-refractivity contribution in [3.05, 3.63) is 59.3 Å². The number of carbonyl (C=O) groups is 8. The zero-order valence-electron chi connectivity index (χ0n) is 62.1. The number of carboxylic acids is 2. The quantitative estimate of drug-likeness (QED) is 0.0177. The summed E-state index contributed by atoms with van der Waals surface area (Å²) in [6.07, 6.45) is -36.4. The molecular formula is C69H107N4O35P. The minimum atomic E-state index is -5.89. The van der Waals surface area contributed by atoms with E-state index in [0.717, 1.165) is 57.1 Å². The second-order valence-electron chi connectivity index (χ2n) is 28.9. The van der Waals surface area contributed by atoms with Crippen LogP contribution < -0.4 is 21.7 Å². The van der Waals surface area contributed by atoms with Gasteiger partial charge < -0.3 is 140 Å². The minimum absolute atomic E-state index is 0.152. The third kappa shape index (κ3) is 25.5. The lowest BCUT2D eigenvalue weighted by Crippen LogP contribution is -2.72. The summed E-state index contributed by atoms with van der Waals surface area (Å²) < 4.78 is 88.4. The number of allylic oxidation sites excluding steroid dienone is 8. The molecule has 40 heteroatoms. The highest BCUT2D eigenvalue weighted by atomic mass is 31.2. The van der Waals surface area contributed by atoms with Gasteiger partial charge in [-0.2, -0.15) is 0 Å². The van der Waals surface area contributed by atoms with Gasteiger partial charge in [0, 0.05) is 26.7 Å². The molecule has 1 saturated carbocycles. The topological polar surface area (TPSA) is 599 Å². The van der Waals surface area contributed by atoms with Gasteiger partial charge in [0.25, 0.3) is 5.91 Å². The van der Waals surface area contributed by atoms with E-state index >= 15 is 0 Å². The average Bonchev–Trinajstić information content (AvgIpc) is 1.80. The van der Waals surface area contributed by atoms with Crippen LogP contribution in [0.5, 0.6) is 0 Å². The van der Waals surface area contributed by atoms with E-state index in [1.807, 2.05) is 6.08 Å². The van der Waals surface area contributed by atoms with Crippen LogP contribution in [0.4, 0.5) is 4.79 Å². The molecule has 6 rings (SSSR count). The van der Waals surface area contributed by atoms with E-state index in [0.29, 0.717) is 19.8 Å². The van der Waals surface area contributed by atoms with Crippen LogP contribution in [0.2, 0.25) is 0 Å². The first-order chi connectivity index (χ1) is 50.9. The molecule has 39 nitrogen and oxygen atoms in total. The summed E-state index contributed by atoms with van der Waals surface area (Å²) in [5, 5.41) is 139. The summed E-state index contributed by atoms with van der Waals surface area (Å²) in [5.41, 5.74) is 6.73. The number of nitrogens with two attached hydrogens (primary N) is 1. The predicted molar refractivity (Wildman–Crippen MR) is 369 cm³/mol. The standard InChI is InChI=1S/C69H107N4O35P/c1-30(2)15-14-17-31(3)18-19-33(5)22-25-68(9,10)24-13-12-16-32(4)23-26-96-41(60(88)89)29-98-109(94,95)108-66-56(57(107-67(70)92)69(11,93)58(106-66)61(90)91)105-63-44(72-36(8)76)47(81)54(40(101-63)28-97-64-51(85)48(82)45(79)39(27-74)100-64)103-62-43(71-35(7)75)46(80)53(34(6)99-62)102-65-52(86)49(83)50(84)55(104-65)59(87)73-42-37(77)20-21-38(42)78/h13,15,18,23-24,34,39-58,62-66,74,79-86,93H,5,12,14,16-17,19-22,25-29H2,1-4,6-11H3,(H2,70,92)(H,71,75)(H,72,76)(H,73,87)(H,88,89)(H,90,91)(H,94,95)/t34-,39-,40-,41+,43-,44-,45-,46-,47-,48+,49+,50-,51-,52-,53-,54-,55+,56?,57-,58-,62+,63+,64-,65-,66-,69+/m1/s1. The Bertz CT molecular complexity index is 3310. The maximum absolute atomic E-state index is 14.1. The van der Waals surface area contributed by atoms with E-state index in [4.69, 9.17) is 66.9 Å². The molecule has 2 unspecified atom stereocenters. The molecule has 6 fully saturated rings. The van der Waals surface area contributed by atoms with Crippen LogP contribution in [0.15, 0.2) is 59.3 Å². The normalized spacial score (nSPS) is 35.8. The number of hydrogen-bond acceptors (Lipinski definition) is 32. The number of carbonyl (C=O) groups excluding carboxylic acids is 6. The summed E-state index contributed by atoms with van der Waals surface area (Å²) in [6.45, 7) is 16.6. The number of amides is 4. The maximum Gasteiger partial charge on any atom is 0.474 e. The lowest BCUT2D eigenvalue weighted by Gasteiger charge is -2.51. The number of aliphatic carboxylic acids is 2. The number of hydrogen-bond donors (Lipinski definition) is 17. The molecule has 0 radical (unpaired) electrons. The van der Waals surface area contributed by atoms with Crippen LogP contribution in [-0.4, -0.2) is 305 Å². The van der Waals surface area contributed by atoms with Crippen molar-refractivity contribution in [1.82, 2.24) is 16.0 Å². The third-order valence-electron chi connectivity index (χ3n) is 19.0. The van der Waals surface area contributed by atoms with Gasteiger partial charge in [-0.1, -0.05) is 73.1 Å². The molecule has 4 amide bonds. The lowest BCUT2D eigenvalue weighted by atomic mass is 9.85. The Morgan fingerprint density at radius 2 is 1.25 bits per heavy atom. The minimum Gasteiger partial charge on any atom is -0.479 e. The fourth-order valence-corrected chi connectivity index (χ4v) is 13.5. The largest absolute Gasteiger partial charge is 0.479 e. The van der Waals surface area contributed by atoms with Crippen LogP contribution in [0.3, 0.4) is 0 Å². The number of phosphoric ester groups is 1. The monoisotopic (exact) mass is 1580 g/mol. The Labute approximate surface area is 628 Å². The SMILES string of the molecule is C=C(CC=C(C)CCC=C(C)C)CCC(C)(C)C=CCCC(C)=CCO[C@@H](COP(=O)(O)O[C@H]1O[C@H](C(=O)O)[C@@](C)(O)[C@H](OC(N)=O)C1O[C@@H]1O[C@H](CO[C@@H]2O[C@H](CO)[C@@H](O)[C@H](O)[C@H]2O)[C@@H](O[C@@H]2O[C@H](C)[C@@H](O[C@@H]3O[C@H](C(=O)NC4C(=O)CCC4=O)[C@H](O)[C@H](O)[C@H]3O)[C@H](O)[C@H]2NC(C)=O)[C@H](O)[C@H]1NC(C)=O)C(=O)O. The van der Waals surface area contributed by atoms with Gasteiger partial charge in [-0.3, -0.25) is 33.0 Å². The van der Waals surface area contributed by atoms with Gasteiger partial charge >= 0.3 is 25.9 Å². The van der Waals surface area contributed by atoms with Crippen molar-refractivity contribution in [2.75, 3.05) is 26.4 Å². The number of phosphoric acid groups is 1. The first kappa shape index (κ1) is 91.8. The lowest BCUT2D eigenvalue weighted by molar-refractivity contribution is -0.375. The molecule has 618 valence electrons. The number of ether oxygens (including phenoxy) is 11. The summed E-state index contributed by atoms with van der Waals surface area (Å²) in [7, 11) is -5.89. The molecule has 0 aromatic rings. The van der Waals surface area contributed by atoms with E-state index in [9.17, 15) is 109 Å². The van der Waals surface area contributed by atoms with E-state index in [2.05, 4.69) is 75.4 Å². The molecule has 0 aromatic carbocycles. The second kappa shape index (κ2) is 40.6. The Balaban J connectivity index is 1.25. The van der Waals surface area contributed by atoms with Gasteiger partial charge in [0.2, 0.25) is 11.8 Å². The number of ketones is 2. The number of primary amides is 1. The summed E-state index contributed by atoms with van der Waals surface area (Å²) in [4.78, 5) is 114. The average molecular weight is 1580 g/mol. The van der Waals surface area contributed by atoms with Crippen molar-refractivity contribution in [1.29, 1.82) is 0 Å². The zero-order chi connectivity index (χ0) is 81.5. The highest BCUT2D eigenvalue weighted by molar-refractivity contribution is 7.47. The molecule has 0 spiro atoms. The third-order valence-corrected chi connectivity index (χ3v) is 20.0. The Morgan fingerprint density at radius 1 is 0.688 bits per heavy atom. The molecule has 5 saturated heterocycles. The number of nitrogens with one attached hydrogen (secondary N) is 3. The van der Waals surface area contributed by atoms with Crippen LogP contribution in [0.25, 0.3) is 0 Å². The van der Waals surface area contributed by atoms with Crippen molar-refractivity contribution in [3.63, 3.8) is 0 Å². The molecule has 1 aliphatic carbocycles. The molecule has 0 aromatic heterocycles. The van der Waals surface area contributed by atoms with E-state index < -0.39 is 240 Å². The number of rotatable bonds is 37. The van der Waals surface area contributed by atoms with Crippen LogP contribution in [0, 0.1) is 5.41 Å². The molecule has 27 atom stereocenters. The number of Topliss-reactive ketones (excluding diaryl/α,β-unsaturated/α-hetero) is 2. The predicted octanol–water partition coefficient (Wildman–Crippen LogP) is -2.26. The number of aliphatic hydroxyl groups is 10.